The van der Waals surface area contributed by atoms with Crippen LogP contribution < -0.4 is 5.46 Å². The van der Waals surface area contributed by atoms with Crippen molar-refractivity contribution in [2.75, 3.05) is 6.54 Å². The molecule has 3 aliphatic heterocycles. The van der Waals surface area contributed by atoms with Gasteiger partial charge < -0.3 is 14.0 Å². The van der Waals surface area contributed by atoms with Crippen LogP contribution in [0.2, 0.25) is 0 Å². The van der Waals surface area contributed by atoms with E-state index in [2.05, 4.69) is 33.8 Å². The molecule has 0 aliphatic carbocycles. The van der Waals surface area contributed by atoms with E-state index < -0.39 is 5.60 Å². The van der Waals surface area contributed by atoms with Gasteiger partial charge in [0.05, 0.1) is 22.9 Å². The molecular weight excluding hydrogens is 379 g/mol. The molecule has 1 aromatic carbocycles. The predicted octanol–water partition coefficient (Wildman–Crippen LogP) is 4.01. The molecule has 0 unspecified atom stereocenters. The molecule has 1 aromatic rings. The molecule has 2 saturated heterocycles. The first-order valence-electron chi connectivity index (χ1n) is 10.9. The van der Waals surface area contributed by atoms with E-state index in [1.807, 2.05) is 37.8 Å². The van der Waals surface area contributed by atoms with Gasteiger partial charge in [-0.15, -0.1) is 0 Å². The zero-order valence-corrected chi connectivity index (χ0v) is 19.2. The number of ether oxygens (including phenoxy) is 1. The van der Waals surface area contributed by atoms with Gasteiger partial charge in [-0.05, 0) is 78.4 Å². The Labute approximate surface area is 180 Å². The standard InChI is InChI=1S/C23H33BN2O4/c1-21(2,3)28-20(27)26-12-8-9-19(26)18-14-15-13-16(10-11-17(15)25-18)24-29-22(4,5)23(6,7)30-24/h10-11,13,19H,8-9,12,14H2,1-7H3/t19-/m0/s1. The normalized spacial score (nSPS) is 24.8. The Bertz CT molecular complexity index is 872. The van der Waals surface area contributed by atoms with Crippen LogP contribution in [0.4, 0.5) is 10.5 Å². The Morgan fingerprint density at radius 3 is 2.50 bits per heavy atom. The topological polar surface area (TPSA) is 60.4 Å². The maximum atomic E-state index is 12.7. The van der Waals surface area contributed by atoms with Crippen molar-refractivity contribution in [3.8, 4) is 0 Å². The van der Waals surface area contributed by atoms with E-state index in [1.165, 1.54) is 0 Å². The van der Waals surface area contributed by atoms with Gasteiger partial charge in [-0.25, -0.2) is 4.79 Å². The van der Waals surface area contributed by atoms with Crippen LogP contribution in [0.3, 0.4) is 0 Å². The van der Waals surface area contributed by atoms with Crippen LogP contribution in [-0.2, 0) is 20.5 Å². The minimum Gasteiger partial charge on any atom is -0.444 e. The van der Waals surface area contributed by atoms with Crippen molar-refractivity contribution in [3.05, 3.63) is 23.8 Å². The van der Waals surface area contributed by atoms with E-state index in [9.17, 15) is 4.79 Å². The number of fused-ring (bicyclic) bond motifs is 1. The molecule has 7 heteroatoms. The molecule has 3 aliphatic rings. The average molecular weight is 412 g/mol. The number of hydrogen-bond acceptors (Lipinski definition) is 5. The van der Waals surface area contributed by atoms with Crippen LogP contribution >= 0.6 is 0 Å². The second kappa shape index (κ2) is 7.09. The first-order chi connectivity index (χ1) is 13.9. The van der Waals surface area contributed by atoms with Crippen molar-refractivity contribution in [2.24, 2.45) is 4.99 Å². The maximum Gasteiger partial charge on any atom is 0.494 e. The highest BCUT2D eigenvalue weighted by Gasteiger charge is 2.51. The fraction of sp³-hybridized carbons (Fsp3) is 0.652. The van der Waals surface area contributed by atoms with Gasteiger partial charge in [0.2, 0.25) is 0 Å². The Kier molecular flexibility index (Phi) is 5.06. The number of likely N-dealkylation sites (tertiary alicyclic amines) is 1. The molecule has 6 nitrogen and oxygen atoms in total. The molecule has 162 valence electrons. The second-order valence-corrected chi connectivity index (χ2v) is 10.6. The van der Waals surface area contributed by atoms with Gasteiger partial charge in [-0.2, -0.15) is 0 Å². The number of hydrogen-bond donors (Lipinski definition) is 0. The summed E-state index contributed by atoms with van der Waals surface area (Å²) in [5.74, 6) is 0. The second-order valence-electron chi connectivity index (χ2n) is 10.6. The summed E-state index contributed by atoms with van der Waals surface area (Å²) in [5.41, 5.74) is 2.96. The molecule has 1 atom stereocenters. The summed E-state index contributed by atoms with van der Waals surface area (Å²) in [5, 5.41) is 0. The van der Waals surface area contributed by atoms with Crippen LogP contribution in [0.25, 0.3) is 0 Å². The third-order valence-corrected chi connectivity index (χ3v) is 6.53. The molecule has 0 aromatic heterocycles. The minimum absolute atomic E-state index is 0.00699. The maximum absolute atomic E-state index is 12.7. The lowest BCUT2D eigenvalue weighted by atomic mass is 9.78. The Balaban J connectivity index is 1.49. The van der Waals surface area contributed by atoms with Gasteiger partial charge >= 0.3 is 13.2 Å². The largest absolute Gasteiger partial charge is 0.494 e. The monoisotopic (exact) mass is 412 g/mol. The SMILES string of the molecule is CC(C)(C)OC(=O)N1CCC[C@H]1C1=Nc2ccc(B3OC(C)(C)C(C)(C)O3)cc2C1. The van der Waals surface area contributed by atoms with Crippen molar-refractivity contribution in [1.82, 2.24) is 4.90 Å². The molecular formula is C23H33BN2O4. The molecule has 2 fully saturated rings. The van der Waals surface area contributed by atoms with Gasteiger partial charge in [-0.1, -0.05) is 12.1 Å². The fourth-order valence-electron chi connectivity index (χ4n) is 4.22. The molecule has 0 bridgehead atoms. The van der Waals surface area contributed by atoms with E-state index in [1.54, 1.807) is 0 Å². The van der Waals surface area contributed by atoms with Gasteiger partial charge in [-0.3, -0.25) is 9.89 Å². The van der Waals surface area contributed by atoms with E-state index in [0.717, 1.165) is 41.7 Å². The van der Waals surface area contributed by atoms with Crippen LogP contribution in [0.5, 0.6) is 0 Å². The lowest BCUT2D eigenvalue weighted by Gasteiger charge is -2.32. The quantitative estimate of drug-likeness (QED) is 0.689. The van der Waals surface area contributed by atoms with E-state index in [-0.39, 0.29) is 30.5 Å². The van der Waals surface area contributed by atoms with Crippen molar-refractivity contribution in [1.29, 1.82) is 0 Å². The summed E-state index contributed by atoms with van der Waals surface area (Å²) in [7, 11) is -0.380. The molecule has 0 spiro atoms. The Morgan fingerprint density at radius 2 is 1.87 bits per heavy atom. The van der Waals surface area contributed by atoms with Gasteiger partial charge in [0, 0.05) is 18.7 Å². The van der Waals surface area contributed by atoms with E-state index in [0.29, 0.717) is 6.54 Å². The third-order valence-electron chi connectivity index (χ3n) is 6.53. The van der Waals surface area contributed by atoms with Crippen LogP contribution in [0, 0.1) is 0 Å². The molecule has 4 rings (SSSR count). The number of carbonyl (C=O) groups is 1. The van der Waals surface area contributed by atoms with E-state index >= 15 is 0 Å². The Hall–Kier alpha value is -1.86. The van der Waals surface area contributed by atoms with E-state index in [4.69, 9.17) is 19.0 Å². The number of rotatable bonds is 2. The van der Waals surface area contributed by atoms with Gasteiger partial charge in [0.25, 0.3) is 0 Å². The zero-order valence-electron chi connectivity index (χ0n) is 19.2. The molecule has 0 saturated carbocycles. The smallest absolute Gasteiger partial charge is 0.444 e. The molecule has 30 heavy (non-hydrogen) atoms. The summed E-state index contributed by atoms with van der Waals surface area (Å²) >= 11 is 0. The Morgan fingerprint density at radius 1 is 1.20 bits per heavy atom. The summed E-state index contributed by atoms with van der Waals surface area (Å²) in [4.78, 5) is 19.4. The van der Waals surface area contributed by atoms with Crippen LogP contribution in [-0.4, -0.2) is 53.2 Å². The summed E-state index contributed by atoms with van der Waals surface area (Å²) < 4.78 is 18.0. The number of carbonyl (C=O) groups excluding carboxylic acids is 1. The minimum atomic E-state index is -0.498. The highest BCUT2D eigenvalue weighted by atomic mass is 16.7. The summed E-state index contributed by atoms with van der Waals surface area (Å²) in [6, 6.07) is 6.22. The van der Waals surface area contributed by atoms with Crippen molar-refractivity contribution in [3.63, 3.8) is 0 Å². The zero-order chi connectivity index (χ0) is 21.9. The number of nitrogens with zero attached hydrogens (tertiary/aromatic N) is 2. The average Bonchev–Trinajstić information content (AvgIpc) is 3.28. The lowest BCUT2D eigenvalue weighted by Crippen LogP contribution is -2.43. The van der Waals surface area contributed by atoms with Gasteiger partial charge in [0.1, 0.15) is 5.60 Å². The molecule has 1 amide bonds. The van der Waals surface area contributed by atoms with Crippen molar-refractivity contribution >= 4 is 30.1 Å². The van der Waals surface area contributed by atoms with Crippen LogP contribution in [0.1, 0.15) is 66.9 Å². The first-order valence-corrected chi connectivity index (χ1v) is 10.9. The first kappa shape index (κ1) is 21.4. The highest BCUT2D eigenvalue weighted by molar-refractivity contribution is 6.62. The summed E-state index contributed by atoms with van der Waals surface area (Å²) in [6.45, 7) is 14.7. The molecule has 0 N–H and O–H groups in total. The number of benzene rings is 1. The molecule has 0 radical (unpaired) electrons. The summed E-state index contributed by atoms with van der Waals surface area (Å²) in [6.07, 6.45) is 2.39. The predicted molar refractivity (Wildman–Crippen MR) is 119 cm³/mol. The lowest BCUT2D eigenvalue weighted by molar-refractivity contribution is 0.00578. The van der Waals surface area contributed by atoms with Gasteiger partial charge in [0.15, 0.2) is 0 Å². The fourth-order valence-corrected chi connectivity index (χ4v) is 4.22. The highest BCUT2D eigenvalue weighted by Crippen LogP contribution is 2.37. The van der Waals surface area contributed by atoms with Crippen molar-refractivity contribution in [2.45, 2.75) is 90.6 Å². The molecule has 3 heterocycles. The van der Waals surface area contributed by atoms with Crippen LogP contribution in [0.15, 0.2) is 23.2 Å². The number of amides is 1. The third kappa shape index (κ3) is 3.90. The number of aliphatic imine (C=N–C) groups is 1. The van der Waals surface area contributed by atoms with Crippen molar-refractivity contribution < 1.29 is 18.8 Å².